The fourth-order valence-electron chi connectivity index (χ4n) is 1.36. The van der Waals surface area contributed by atoms with Crippen LogP contribution in [0.2, 0.25) is 0 Å². The van der Waals surface area contributed by atoms with Gasteiger partial charge in [-0.05, 0) is 19.3 Å². The number of carbonyl (C=O) groups is 1. The first-order chi connectivity index (χ1) is 8.27. The van der Waals surface area contributed by atoms with Gasteiger partial charge in [0.2, 0.25) is 11.9 Å². The van der Waals surface area contributed by atoms with Crippen molar-refractivity contribution in [2.24, 2.45) is 16.8 Å². The Balaban J connectivity index is 2.05. The van der Waals surface area contributed by atoms with Crippen LogP contribution < -0.4 is 21.9 Å². The van der Waals surface area contributed by atoms with Crippen LogP contribution in [-0.4, -0.2) is 31.5 Å². The van der Waals surface area contributed by atoms with E-state index in [-0.39, 0.29) is 11.8 Å². The van der Waals surface area contributed by atoms with E-state index in [1.165, 1.54) is 0 Å². The van der Waals surface area contributed by atoms with Crippen LogP contribution in [0.4, 0.5) is 0 Å². The maximum absolute atomic E-state index is 11.3. The summed E-state index contributed by atoms with van der Waals surface area (Å²) in [6.45, 7) is 4.11. The molecule has 0 atom stereocenters. The van der Waals surface area contributed by atoms with E-state index in [0.29, 0.717) is 19.0 Å². The summed E-state index contributed by atoms with van der Waals surface area (Å²) in [5.41, 5.74) is 2.51. The molecular formula is C11H23N5O. The van der Waals surface area contributed by atoms with E-state index in [0.717, 1.165) is 32.2 Å². The minimum Gasteiger partial charge on any atom is -0.354 e. The Labute approximate surface area is 102 Å². The monoisotopic (exact) mass is 241 g/mol. The Bertz CT molecular complexity index is 263. The smallest absolute Gasteiger partial charge is 0.223 e. The quantitative estimate of drug-likeness (QED) is 0.162. The predicted octanol–water partition coefficient (Wildman–Crippen LogP) is -0.278. The SMILES string of the molecule is CCCCN=C(NN)NCCNC(=O)C1CC1. The molecule has 0 radical (unpaired) electrons. The second-order valence-electron chi connectivity index (χ2n) is 4.22. The van der Waals surface area contributed by atoms with Gasteiger partial charge in [0.15, 0.2) is 0 Å². The minimum atomic E-state index is 0.164. The summed E-state index contributed by atoms with van der Waals surface area (Å²) >= 11 is 0. The minimum absolute atomic E-state index is 0.164. The van der Waals surface area contributed by atoms with Gasteiger partial charge in [-0.15, -0.1) is 0 Å². The molecule has 6 heteroatoms. The fourth-order valence-corrected chi connectivity index (χ4v) is 1.36. The molecule has 0 spiro atoms. The molecule has 1 rings (SSSR count). The Morgan fingerprint density at radius 2 is 2.06 bits per heavy atom. The van der Waals surface area contributed by atoms with Crippen molar-refractivity contribution in [3.63, 3.8) is 0 Å². The lowest BCUT2D eigenvalue weighted by atomic mass is 10.3. The van der Waals surface area contributed by atoms with Crippen LogP contribution in [0.15, 0.2) is 4.99 Å². The molecule has 98 valence electrons. The van der Waals surface area contributed by atoms with Crippen molar-refractivity contribution in [2.75, 3.05) is 19.6 Å². The third-order valence-electron chi connectivity index (χ3n) is 2.58. The van der Waals surface area contributed by atoms with Crippen LogP contribution in [0.5, 0.6) is 0 Å². The summed E-state index contributed by atoms with van der Waals surface area (Å²) in [4.78, 5) is 15.6. The highest BCUT2D eigenvalue weighted by molar-refractivity contribution is 5.81. The van der Waals surface area contributed by atoms with Gasteiger partial charge in [-0.3, -0.25) is 15.2 Å². The van der Waals surface area contributed by atoms with Gasteiger partial charge >= 0.3 is 0 Å². The van der Waals surface area contributed by atoms with E-state index in [9.17, 15) is 4.79 Å². The normalized spacial score (nSPS) is 15.5. The highest BCUT2D eigenvalue weighted by Gasteiger charge is 2.28. The lowest BCUT2D eigenvalue weighted by Gasteiger charge is -2.09. The molecule has 0 saturated heterocycles. The van der Waals surface area contributed by atoms with Crippen LogP contribution >= 0.6 is 0 Å². The van der Waals surface area contributed by atoms with E-state index in [1.54, 1.807) is 0 Å². The number of guanidine groups is 1. The predicted molar refractivity (Wildman–Crippen MR) is 68.3 cm³/mol. The molecule has 5 N–H and O–H groups in total. The van der Waals surface area contributed by atoms with Gasteiger partial charge in [-0.2, -0.15) is 0 Å². The lowest BCUT2D eigenvalue weighted by molar-refractivity contribution is -0.122. The molecule has 1 aliphatic rings. The van der Waals surface area contributed by atoms with E-state index < -0.39 is 0 Å². The molecule has 1 saturated carbocycles. The van der Waals surface area contributed by atoms with E-state index >= 15 is 0 Å². The van der Waals surface area contributed by atoms with Gasteiger partial charge in [-0.1, -0.05) is 13.3 Å². The van der Waals surface area contributed by atoms with Crippen molar-refractivity contribution in [3.05, 3.63) is 0 Å². The van der Waals surface area contributed by atoms with E-state index in [2.05, 4.69) is 28.0 Å². The molecule has 0 aromatic rings. The van der Waals surface area contributed by atoms with Crippen molar-refractivity contribution >= 4 is 11.9 Å². The van der Waals surface area contributed by atoms with Crippen LogP contribution in [0, 0.1) is 5.92 Å². The van der Waals surface area contributed by atoms with Crippen LogP contribution in [-0.2, 0) is 4.79 Å². The fraction of sp³-hybridized carbons (Fsp3) is 0.818. The summed E-state index contributed by atoms with van der Waals surface area (Å²) in [6, 6.07) is 0. The van der Waals surface area contributed by atoms with Crippen molar-refractivity contribution in [1.29, 1.82) is 0 Å². The molecule has 0 aromatic carbocycles. The van der Waals surface area contributed by atoms with Crippen LogP contribution in [0.1, 0.15) is 32.6 Å². The zero-order valence-electron chi connectivity index (χ0n) is 10.5. The first-order valence-electron chi connectivity index (χ1n) is 6.30. The second-order valence-corrected chi connectivity index (χ2v) is 4.22. The van der Waals surface area contributed by atoms with Gasteiger partial charge in [0.1, 0.15) is 0 Å². The molecule has 0 heterocycles. The molecule has 0 bridgehead atoms. The number of amides is 1. The second kappa shape index (κ2) is 7.89. The average Bonchev–Trinajstić information content (AvgIpc) is 3.16. The average molecular weight is 241 g/mol. The van der Waals surface area contributed by atoms with Gasteiger partial charge in [0.05, 0.1) is 0 Å². The maximum atomic E-state index is 11.3. The standard InChI is InChI=1S/C11H23N5O/c1-2-3-6-14-11(16-12)15-8-7-13-10(17)9-4-5-9/h9H,2-8,12H2,1H3,(H,13,17)(H2,14,15,16). The molecule has 0 unspecified atom stereocenters. The largest absolute Gasteiger partial charge is 0.354 e. The molecule has 1 amide bonds. The van der Waals surface area contributed by atoms with Crippen LogP contribution in [0.3, 0.4) is 0 Å². The Kier molecular flexibility index (Phi) is 6.39. The number of nitrogens with one attached hydrogen (secondary N) is 3. The third kappa shape index (κ3) is 6.11. The Morgan fingerprint density at radius 1 is 1.35 bits per heavy atom. The zero-order chi connectivity index (χ0) is 12.5. The summed E-state index contributed by atoms with van der Waals surface area (Å²) in [6.07, 6.45) is 4.23. The molecule has 6 nitrogen and oxygen atoms in total. The summed E-state index contributed by atoms with van der Waals surface area (Å²) in [7, 11) is 0. The van der Waals surface area contributed by atoms with E-state index in [4.69, 9.17) is 5.84 Å². The number of nitrogens with zero attached hydrogens (tertiary/aromatic N) is 1. The number of rotatable bonds is 7. The number of aliphatic imine (C=N–C) groups is 1. The Hall–Kier alpha value is -1.30. The highest BCUT2D eigenvalue weighted by Crippen LogP contribution is 2.28. The number of unbranched alkanes of at least 4 members (excludes halogenated alkanes) is 1. The number of nitrogens with two attached hydrogens (primary N) is 1. The number of hydrazine groups is 1. The lowest BCUT2D eigenvalue weighted by Crippen LogP contribution is -2.44. The van der Waals surface area contributed by atoms with Gasteiger partial charge in [0.25, 0.3) is 0 Å². The van der Waals surface area contributed by atoms with Gasteiger partial charge < -0.3 is 10.6 Å². The molecule has 1 aliphatic carbocycles. The summed E-state index contributed by atoms with van der Waals surface area (Å²) in [5, 5.41) is 5.91. The van der Waals surface area contributed by atoms with Gasteiger partial charge in [0, 0.05) is 25.6 Å². The molecule has 1 fully saturated rings. The third-order valence-corrected chi connectivity index (χ3v) is 2.58. The van der Waals surface area contributed by atoms with Crippen LogP contribution in [0.25, 0.3) is 0 Å². The summed E-state index contributed by atoms with van der Waals surface area (Å²) < 4.78 is 0. The molecule has 0 aliphatic heterocycles. The highest BCUT2D eigenvalue weighted by atomic mass is 16.2. The van der Waals surface area contributed by atoms with Crippen molar-refractivity contribution in [1.82, 2.24) is 16.1 Å². The number of carbonyl (C=O) groups excluding carboxylic acids is 1. The molecular weight excluding hydrogens is 218 g/mol. The number of hydrogen-bond acceptors (Lipinski definition) is 3. The first kappa shape index (κ1) is 13.8. The first-order valence-corrected chi connectivity index (χ1v) is 6.30. The van der Waals surface area contributed by atoms with E-state index in [1.807, 2.05) is 0 Å². The van der Waals surface area contributed by atoms with Crippen molar-refractivity contribution < 1.29 is 4.79 Å². The maximum Gasteiger partial charge on any atom is 0.223 e. The summed E-state index contributed by atoms with van der Waals surface area (Å²) in [5.74, 6) is 6.34. The van der Waals surface area contributed by atoms with Crippen molar-refractivity contribution in [3.8, 4) is 0 Å². The van der Waals surface area contributed by atoms with Crippen molar-refractivity contribution in [2.45, 2.75) is 32.6 Å². The molecule has 17 heavy (non-hydrogen) atoms. The zero-order valence-corrected chi connectivity index (χ0v) is 10.5. The molecule has 0 aromatic heterocycles. The van der Waals surface area contributed by atoms with Gasteiger partial charge in [-0.25, -0.2) is 5.84 Å². The number of hydrogen-bond donors (Lipinski definition) is 4. The Morgan fingerprint density at radius 3 is 2.65 bits per heavy atom. The topological polar surface area (TPSA) is 91.5 Å².